The summed E-state index contributed by atoms with van der Waals surface area (Å²) in [6.07, 6.45) is -1.04. The number of rotatable bonds is 5. The van der Waals surface area contributed by atoms with Crippen LogP contribution < -0.4 is 9.64 Å². The van der Waals surface area contributed by atoms with Crippen molar-refractivity contribution in [2.24, 2.45) is 0 Å². The second kappa shape index (κ2) is 8.03. The number of benzene rings is 2. The number of sulfone groups is 1. The molecule has 0 atom stereocenters. The van der Waals surface area contributed by atoms with Crippen LogP contribution in [0.1, 0.15) is 25.3 Å². The molecule has 1 fully saturated rings. The molecule has 1 aromatic heterocycles. The number of nitrogens with zero attached hydrogens (tertiary/aromatic N) is 2. The number of pyridine rings is 1. The van der Waals surface area contributed by atoms with Crippen molar-refractivity contribution in [2.75, 3.05) is 18.0 Å². The van der Waals surface area contributed by atoms with E-state index in [-0.39, 0.29) is 9.79 Å². The highest BCUT2D eigenvalue weighted by atomic mass is 32.2. The van der Waals surface area contributed by atoms with Crippen molar-refractivity contribution in [3.05, 3.63) is 54.2 Å². The molecular formula is C22H21F3N2O3S. The molecule has 0 N–H and O–H groups in total. The molecule has 164 valence electrons. The Hall–Kier alpha value is -2.81. The molecule has 1 saturated heterocycles. The van der Waals surface area contributed by atoms with Gasteiger partial charge in [0, 0.05) is 24.7 Å². The third-order valence-corrected chi connectivity index (χ3v) is 7.14. The standard InChI is InChI=1S/C22H21F3N2O3S/c1-2-15-5-8-17(9-6-15)31(28,29)20-14-26-19-10-7-16(30-22(23,24)25)13-18(19)21(20)27-11-3-4-12-27/h5-10,13-14H,2-4,11-12H2,1H3. The first-order valence-corrected chi connectivity index (χ1v) is 11.4. The first kappa shape index (κ1) is 21.4. The van der Waals surface area contributed by atoms with Gasteiger partial charge in [-0.1, -0.05) is 19.1 Å². The molecule has 4 rings (SSSR count). The summed E-state index contributed by atoms with van der Waals surface area (Å²) in [5.74, 6) is -0.413. The number of fused-ring (bicyclic) bond motifs is 1. The van der Waals surface area contributed by atoms with Crippen LogP contribution in [0.5, 0.6) is 5.75 Å². The van der Waals surface area contributed by atoms with Gasteiger partial charge >= 0.3 is 6.36 Å². The molecule has 5 nitrogen and oxygen atoms in total. The Morgan fingerprint density at radius 2 is 1.74 bits per heavy atom. The topological polar surface area (TPSA) is 59.5 Å². The minimum atomic E-state index is -4.85. The van der Waals surface area contributed by atoms with E-state index < -0.39 is 21.9 Å². The van der Waals surface area contributed by atoms with Gasteiger partial charge in [-0.2, -0.15) is 0 Å². The number of hydrogen-bond donors (Lipinski definition) is 0. The van der Waals surface area contributed by atoms with Gasteiger partial charge in [-0.25, -0.2) is 8.42 Å². The molecule has 9 heteroatoms. The lowest BCUT2D eigenvalue weighted by Gasteiger charge is -2.23. The predicted octanol–water partition coefficient (Wildman–Crippen LogP) is 5.13. The van der Waals surface area contributed by atoms with E-state index in [0.717, 1.165) is 24.8 Å². The van der Waals surface area contributed by atoms with Crippen molar-refractivity contribution < 1.29 is 26.3 Å². The molecule has 1 aliphatic heterocycles. The van der Waals surface area contributed by atoms with Gasteiger partial charge < -0.3 is 9.64 Å². The molecule has 0 spiro atoms. The van der Waals surface area contributed by atoms with Crippen molar-refractivity contribution in [3.63, 3.8) is 0 Å². The van der Waals surface area contributed by atoms with E-state index in [2.05, 4.69) is 9.72 Å². The second-order valence-electron chi connectivity index (χ2n) is 7.39. The summed E-state index contributed by atoms with van der Waals surface area (Å²) in [5.41, 5.74) is 1.77. The van der Waals surface area contributed by atoms with Crippen LogP contribution in [0.2, 0.25) is 0 Å². The fourth-order valence-electron chi connectivity index (χ4n) is 3.83. The lowest BCUT2D eigenvalue weighted by Crippen LogP contribution is -2.21. The summed E-state index contributed by atoms with van der Waals surface area (Å²) in [6.45, 7) is 3.20. The summed E-state index contributed by atoms with van der Waals surface area (Å²) in [6, 6.07) is 10.4. The normalized spacial score (nSPS) is 14.9. The first-order valence-electron chi connectivity index (χ1n) is 9.96. The quantitative estimate of drug-likeness (QED) is 0.540. The molecule has 3 aromatic rings. The Labute approximate surface area is 178 Å². The van der Waals surface area contributed by atoms with Crippen LogP contribution in [-0.2, 0) is 16.3 Å². The molecule has 0 aliphatic carbocycles. The fourth-order valence-corrected chi connectivity index (χ4v) is 5.26. The lowest BCUT2D eigenvalue weighted by molar-refractivity contribution is -0.274. The summed E-state index contributed by atoms with van der Waals surface area (Å²) < 4.78 is 69.3. The zero-order valence-corrected chi connectivity index (χ0v) is 17.6. The van der Waals surface area contributed by atoms with Crippen LogP contribution in [0.3, 0.4) is 0 Å². The summed E-state index contributed by atoms with van der Waals surface area (Å²) in [5, 5.41) is 0.315. The zero-order chi connectivity index (χ0) is 22.2. The Kier molecular flexibility index (Phi) is 5.55. The van der Waals surface area contributed by atoms with Crippen LogP contribution >= 0.6 is 0 Å². The van der Waals surface area contributed by atoms with Gasteiger partial charge in [-0.05, 0) is 55.2 Å². The number of ether oxygens (including phenoxy) is 1. The van der Waals surface area contributed by atoms with Crippen molar-refractivity contribution in [1.29, 1.82) is 0 Å². The van der Waals surface area contributed by atoms with Crippen molar-refractivity contribution in [3.8, 4) is 5.75 Å². The maximum absolute atomic E-state index is 13.5. The predicted molar refractivity (Wildman–Crippen MR) is 111 cm³/mol. The Morgan fingerprint density at radius 3 is 2.35 bits per heavy atom. The van der Waals surface area contributed by atoms with E-state index in [1.807, 2.05) is 11.8 Å². The van der Waals surface area contributed by atoms with E-state index in [4.69, 9.17) is 0 Å². The Morgan fingerprint density at radius 1 is 1.06 bits per heavy atom. The minimum Gasteiger partial charge on any atom is -0.406 e. The molecule has 0 amide bonds. The fraction of sp³-hybridized carbons (Fsp3) is 0.318. The third kappa shape index (κ3) is 4.32. The van der Waals surface area contributed by atoms with Crippen LogP contribution in [-0.4, -0.2) is 32.9 Å². The average molecular weight is 450 g/mol. The van der Waals surface area contributed by atoms with Gasteiger partial charge in [0.05, 0.1) is 16.1 Å². The number of halogens is 3. The van der Waals surface area contributed by atoms with Crippen LogP contribution in [0.4, 0.5) is 18.9 Å². The largest absolute Gasteiger partial charge is 0.573 e. The maximum Gasteiger partial charge on any atom is 0.573 e. The van der Waals surface area contributed by atoms with Gasteiger partial charge in [0.1, 0.15) is 10.6 Å². The number of hydrogen-bond acceptors (Lipinski definition) is 5. The highest BCUT2D eigenvalue weighted by molar-refractivity contribution is 7.91. The second-order valence-corrected chi connectivity index (χ2v) is 9.31. The maximum atomic E-state index is 13.5. The summed E-state index contributed by atoms with van der Waals surface area (Å²) in [7, 11) is -3.94. The smallest absolute Gasteiger partial charge is 0.406 e. The average Bonchev–Trinajstić information content (AvgIpc) is 3.26. The molecule has 0 saturated carbocycles. The lowest BCUT2D eigenvalue weighted by atomic mass is 10.1. The van der Waals surface area contributed by atoms with Gasteiger partial charge in [0.2, 0.25) is 9.84 Å². The molecule has 31 heavy (non-hydrogen) atoms. The first-order chi connectivity index (χ1) is 14.7. The van der Waals surface area contributed by atoms with E-state index in [1.165, 1.54) is 24.4 Å². The third-order valence-electron chi connectivity index (χ3n) is 5.36. The van der Waals surface area contributed by atoms with Gasteiger partial charge in [-0.15, -0.1) is 13.2 Å². The van der Waals surface area contributed by atoms with Crippen molar-refractivity contribution >= 4 is 26.4 Å². The molecular weight excluding hydrogens is 429 g/mol. The molecule has 0 bridgehead atoms. The molecule has 0 unspecified atom stereocenters. The number of anilines is 1. The van der Waals surface area contributed by atoms with Gasteiger partial charge in [-0.3, -0.25) is 4.98 Å². The zero-order valence-electron chi connectivity index (χ0n) is 16.8. The Balaban J connectivity index is 1.92. The van der Waals surface area contributed by atoms with Crippen LogP contribution in [0, 0.1) is 0 Å². The number of alkyl halides is 3. The van der Waals surface area contributed by atoms with Crippen molar-refractivity contribution in [2.45, 2.75) is 42.3 Å². The number of aromatic nitrogens is 1. The van der Waals surface area contributed by atoms with E-state index in [1.54, 1.807) is 24.3 Å². The summed E-state index contributed by atoms with van der Waals surface area (Å²) >= 11 is 0. The molecule has 0 radical (unpaired) electrons. The monoisotopic (exact) mass is 450 g/mol. The Bertz CT molecular complexity index is 1200. The van der Waals surface area contributed by atoms with Crippen LogP contribution in [0.25, 0.3) is 10.9 Å². The number of aryl methyl sites for hydroxylation is 1. The van der Waals surface area contributed by atoms with Crippen molar-refractivity contribution in [1.82, 2.24) is 4.98 Å². The minimum absolute atomic E-state index is 0.0182. The SMILES string of the molecule is CCc1ccc(S(=O)(=O)c2cnc3ccc(OC(F)(F)F)cc3c2N2CCCC2)cc1. The van der Waals surface area contributed by atoms with E-state index in [0.29, 0.717) is 29.7 Å². The highest BCUT2D eigenvalue weighted by Crippen LogP contribution is 2.39. The molecule has 2 heterocycles. The van der Waals surface area contributed by atoms with Crippen LogP contribution in [0.15, 0.2) is 58.5 Å². The van der Waals surface area contributed by atoms with Gasteiger partial charge in [0.25, 0.3) is 0 Å². The van der Waals surface area contributed by atoms with E-state index >= 15 is 0 Å². The van der Waals surface area contributed by atoms with E-state index in [9.17, 15) is 21.6 Å². The molecule has 1 aliphatic rings. The highest BCUT2D eigenvalue weighted by Gasteiger charge is 2.32. The summed E-state index contributed by atoms with van der Waals surface area (Å²) in [4.78, 5) is 6.23. The van der Waals surface area contributed by atoms with Gasteiger partial charge in [0.15, 0.2) is 0 Å². The molecule has 2 aromatic carbocycles.